The number of hydrogen-bond donors (Lipinski definition) is 1. The first-order valence-corrected chi connectivity index (χ1v) is 6.56. The van der Waals surface area contributed by atoms with Crippen LogP contribution in [0.2, 0.25) is 0 Å². The number of nitrogens with zero attached hydrogens (tertiary/aromatic N) is 4. The Labute approximate surface area is 135 Å². The van der Waals surface area contributed by atoms with Gasteiger partial charge in [-0.05, 0) is 18.2 Å². The topological polar surface area (TPSA) is 60.9 Å². The fourth-order valence-corrected chi connectivity index (χ4v) is 1.69. The standard InChI is InChI=1S/C15H17N5O.ClH/c1-19(2)18-17-14-9-6-10-20(11-14)12-15(21)16-13-7-4-3-5-8-13;/h3-11H,12H2,1-2H3;1H. The van der Waals surface area contributed by atoms with Gasteiger partial charge < -0.3 is 17.7 Å². The zero-order chi connectivity index (χ0) is 15.1. The van der Waals surface area contributed by atoms with E-state index in [1.54, 1.807) is 29.9 Å². The van der Waals surface area contributed by atoms with Gasteiger partial charge in [0.25, 0.3) is 5.91 Å². The van der Waals surface area contributed by atoms with Gasteiger partial charge in [0.15, 0.2) is 18.1 Å². The van der Waals surface area contributed by atoms with E-state index in [-0.39, 0.29) is 24.9 Å². The van der Waals surface area contributed by atoms with Gasteiger partial charge in [0.05, 0.1) is 0 Å². The summed E-state index contributed by atoms with van der Waals surface area (Å²) in [5.74, 6) is -0.0899. The molecule has 0 saturated heterocycles. The van der Waals surface area contributed by atoms with Crippen molar-refractivity contribution >= 4 is 17.3 Å². The van der Waals surface area contributed by atoms with Crippen molar-refractivity contribution in [2.45, 2.75) is 6.54 Å². The van der Waals surface area contributed by atoms with Crippen molar-refractivity contribution in [3.63, 3.8) is 0 Å². The Morgan fingerprint density at radius 1 is 1.18 bits per heavy atom. The number of amides is 1. The SMILES string of the molecule is CN(C)N=Nc1ccc[n+](CC(=O)Nc2ccccc2)c1.[Cl-]. The summed E-state index contributed by atoms with van der Waals surface area (Å²) in [6.45, 7) is 0.222. The van der Waals surface area contributed by atoms with Gasteiger partial charge in [0, 0.05) is 25.8 Å². The number of para-hydroxylation sites is 1. The van der Waals surface area contributed by atoms with Crippen LogP contribution in [0.25, 0.3) is 0 Å². The Morgan fingerprint density at radius 3 is 2.59 bits per heavy atom. The molecule has 1 aromatic heterocycles. The van der Waals surface area contributed by atoms with Crippen LogP contribution in [0.3, 0.4) is 0 Å². The highest BCUT2D eigenvalue weighted by Gasteiger charge is 2.10. The largest absolute Gasteiger partial charge is 1.00 e. The average molecular weight is 320 g/mol. The molecular formula is C15H18ClN5O. The quantitative estimate of drug-likeness (QED) is 0.444. The number of rotatable bonds is 5. The number of nitrogens with one attached hydrogen (secondary N) is 1. The first-order valence-electron chi connectivity index (χ1n) is 6.56. The minimum absolute atomic E-state index is 0. The Hall–Kier alpha value is -2.47. The third-order valence-electron chi connectivity index (χ3n) is 2.57. The number of carbonyl (C=O) groups is 1. The summed E-state index contributed by atoms with van der Waals surface area (Å²) in [4.78, 5) is 12.0. The van der Waals surface area contributed by atoms with Gasteiger partial charge in [-0.1, -0.05) is 23.4 Å². The van der Waals surface area contributed by atoms with E-state index in [1.807, 2.05) is 48.7 Å². The lowest BCUT2D eigenvalue weighted by Gasteiger charge is -2.03. The highest BCUT2D eigenvalue weighted by molar-refractivity contribution is 5.89. The summed E-state index contributed by atoms with van der Waals surface area (Å²) in [6.07, 6.45) is 3.59. The summed E-state index contributed by atoms with van der Waals surface area (Å²) in [7, 11) is 3.60. The van der Waals surface area contributed by atoms with Crippen molar-refractivity contribution in [2.24, 2.45) is 10.3 Å². The molecule has 1 heterocycles. The number of pyridine rings is 1. The molecule has 0 fully saturated rings. The van der Waals surface area contributed by atoms with E-state index in [1.165, 1.54) is 0 Å². The second-order valence-corrected chi connectivity index (χ2v) is 4.69. The molecule has 2 rings (SSSR count). The Kier molecular flexibility index (Phi) is 6.98. The number of hydrogen-bond acceptors (Lipinski definition) is 3. The van der Waals surface area contributed by atoms with E-state index in [9.17, 15) is 4.79 Å². The number of benzene rings is 1. The highest BCUT2D eigenvalue weighted by atomic mass is 35.5. The Balaban J connectivity index is 0.00000242. The molecule has 0 aliphatic heterocycles. The van der Waals surface area contributed by atoms with Crippen molar-refractivity contribution in [2.75, 3.05) is 19.4 Å². The van der Waals surface area contributed by atoms with Crippen molar-refractivity contribution in [1.82, 2.24) is 5.01 Å². The minimum atomic E-state index is -0.0899. The second-order valence-electron chi connectivity index (χ2n) is 4.69. The maximum Gasteiger partial charge on any atom is 0.290 e. The second kappa shape index (κ2) is 8.74. The monoisotopic (exact) mass is 319 g/mol. The molecule has 6 nitrogen and oxygen atoms in total. The molecule has 0 radical (unpaired) electrons. The molecule has 0 saturated carbocycles. The molecule has 0 unspecified atom stereocenters. The summed E-state index contributed by atoms with van der Waals surface area (Å²) in [5.41, 5.74) is 1.48. The van der Waals surface area contributed by atoms with E-state index in [0.29, 0.717) is 5.69 Å². The van der Waals surface area contributed by atoms with Crippen LogP contribution in [0.1, 0.15) is 0 Å². The molecule has 0 aliphatic carbocycles. The summed E-state index contributed by atoms with van der Waals surface area (Å²) in [5, 5.41) is 12.4. The lowest BCUT2D eigenvalue weighted by molar-refractivity contribution is -0.683. The van der Waals surface area contributed by atoms with Crippen molar-refractivity contribution in [3.8, 4) is 0 Å². The van der Waals surface area contributed by atoms with Crippen molar-refractivity contribution in [3.05, 3.63) is 54.9 Å². The molecule has 0 bridgehead atoms. The molecule has 0 atom stereocenters. The Bertz CT molecular complexity index is 631. The van der Waals surface area contributed by atoms with Crippen LogP contribution in [0.4, 0.5) is 11.4 Å². The molecular weight excluding hydrogens is 302 g/mol. The van der Waals surface area contributed by atoms with Crippen LogP contribution in [0.15, 0.2) is 65.2 Å². The number of halogens is 1. The van der Waals surface area contributed by atoms with Crippen LogP contribution in [0.5, 0.6) is 0 Å². The molecule has 116 valence electrons. The summed E-state index contributed by atoms with van der Waals surface area (Å²) >= 11 is 0. The van der Waals surface area contributed by atoms with E-state index in [4.69, 9.17) is 0 Å². The third-order valence-corrected chi connectivity index (χ3v) is 2.57. The van der Waals surface area contributed by atoms with Gasteiger partial charge >= 0.3 is 0 Å². The molecule has 1 N–H and O–H groups in total. The van der Waals surface area contributed by atoms with Gasteiger partial charge in [0.2, 0.25) is 6.54 Å². The smallest absolute Gasteiger partial charge is 0.290 e. The number of anilines is 1. The molecule has 1 amide bonds. The van der Waals surface area contributed by atoms with Gasteiger partial charge in [-0.15, -0.1) is 5.11 Å². The summed E-state index contributed by atoms with van der Waals surface area (Å²) in [6, 6.07) is 13.0. The van der Waals surface area contributed by atoms with Crippen molar-refractivity contribution < 1.29 is 21.8 Å². The van der Waals surface area contributed by atoms with Crippen LogP contribution in [-0.4, -0.2) is 25.0 Å². The molecule has 22 heavy (non-hydrogen) atoms. The first-order chi connectivity index (χ1) is 10.1. The number of carbonyl (C=O) groups excluding carboxylic acids is 1. The fourth-order valence-electron chi connectivity index (χ4n) is 1.69. The van der Waals surface area contributed by atoms with Crippen LogP contribution < -0.4 is 22.3 Å². The zero-order valence-electron chi connectivity index (χ0n) is 12.5. The van der Waals surface area contributed by atoms with Crippen molar-refractivity contribution in [1.29, 1.82) is 0 Å². The summed E-state index contributed by atoms with van der Waals surface area (Å²) < 4.78 is 1.77. The lowest BCUT2D eigenvalue weighted by atomic mass is 10.3. The Morgan fingerprint density at radius 2 is 1.91 bits per heavy atom. The molecule has 0 aliphatic rings. The zero-order valence-corrected chi connectivity index (χ0v) is 13.2. The van der Waals surface area contributed by atoms with E-state index in [2.05, 4.69) is 15.7 Å². The molecule has 1 aromatic carbocycles. The lowest BCUT2D eigenvalue weighted by Crippen LogP contribution is -3.00. The van der Waals surface area contributed by atoms with Gasteiger partial charge in [-0.3, -0.25) is 9.80 Å². The number of aromatic nitrogens is 1. The predicted octanol–water partition coefficient (Wildman–Crippen LogP) is -0.823. The first kappa shape index (κ1) is 17.6. The average Bonchev–Trinajstić information content (AvgIpc) is 2.46. The molecule has 0 spiro atoms. The maximum atomic E-state index is 12.0. The predicted molar refractivity (Wildman–Crippen MR) is 79.9 cm³/mol. The fraction of sp³-hybridized carbons (Fsp3) is 0.200. The maximum absolute atomic E-state index is 12.0. The van der Waals surface area contributed by atoms with Gasteiger partial charge in [0.1, 0.15) is 0 Å². The van der Waals surface area contributed by atoms with E-state index in [0.717, 1.165) is 5.69 Å². The molecule has 7 heteroatoms. The molecule has 2 aromatic rings. The minimum Gasteiger partial charge on any atom is -1.00 e. The van der Waals surface area contributed by atoms with Gasteiger partial charge in [-0.25, -0.2) is 0 Å². The van der Waals surface area contributed by atoms with Gasteiger partial charge in [-0.2, -0.15) is 4.57 Å². The third kappa shape index (κ3) is 5.88. The van der Waals surface area contributed by atoms with Crippen LogP contribution >= 0.6 is 0 Å². The van der Waals surface area contributed by atoms with E-state index >= 15 is 0 Å². The highest BCUT2D eigenvalue weighted by Crippen LogP contribution is 2.08. The van der Waals surface area contributed by atoms with Crippen LogP contribution in [-0.2, 0) is 11.3 Å². The van der Waals surface area contributed by atoms with E-state index < -0.39 is 0 Å². The van der Waals surface area contributed by atoms with Crippen LogP contribution in [0, 0.1) is 0 Å². The normalized spacial score (nSPS) is 10.1.